The molecule has 2 rings (SSSR count). The van der Waals surface area contributed by atoms with Crippen LogP contribution in [0.4, 0.5) is 22.0 Å². The van der Waals surface area contributed by atoms with Crippen LogP contribution < -0.4 is 4.72 Å². The van der Waals surface area contributed by atoms with Crippen molar-refractivity contribution in [2.75, 3.05) is 0 Å². The number of rotatable bonds is 2. The number of allylic oxidation sites excluding steroid dienone is 3. The monoisotopic (exact) mass is 286 g/mol. The molecule has 0 saturated heterocycles. The van der Waals surface area contributed by atoms with Crippen molar-refractivity contribution >= 4 is 11.3 Å². The van der Waals surface area contributed by atoms with Gasteiger partial charge in [0.2, 0.25) is 0 Å². The third-order valence-corrected chi connectivity index (χ3v) is 3.03. The average molecular weight is 286 g/mol. The van der Waals surface area contributed by atoms with Crippen molar-refractivity contribution in [2.45, 2.75) is 17.9 Å². The van der Waals surface area contributed by atoms with Crippen molar-refractivity contribution < 1.29 is 30.7 Å². The molecule has 0 amide bonds. The van der Waals surface area contributed by atoms with E-state index in [4.69, 9.17) is 0 Å². The maximum absolute atomic E-state index is 13.4. The Morgan fingerprint density at radius 2 is 1.94 bits per heavy atom. The fraction of sp³-hybridized carbons (Fsp3) is 0.333. The summed E-state index contributed by atoms with van der Waals surface area (Å²) in [5.74, 6) is -10.5. The summed E-state index contributed by atoms with van der Waals surface area (Å²) in [6.45, 7) is 0. The summed E-state index contributed by atoms with van der Waals surface area (Å²) in [5.41, 5.74) is -2.24. The van der Waals surface area contributed by atoms with Crippen LogP contribution in [0, 0.1) is 0 Å². The summed E-state index contributed by atoms with van der Waals surface area (Å²) < 4.78 is 89.0. The van der Waals surface area contributed by atoms with Crippen LogP contribution in [0.5, 0.6) is 0 Å². The fourth-order valence-electron chi connectivity index (χ4n) is 1.87. The molecular weight excluding hydrogens is 281 g/mol. The minimum absolute atomic E-state index is 0.262. The van der Waals surface area contributed by atoms with Gasteiger partial charge in [0.15, 0.2) is 5.83 Å². The van der Waals surface area contributed by atoms with E-state index in [0.29, 0.717) is 0 Å². The predicted molar refractivity (Wildman–Crippen MR) is 51.1 cm³/mol. The van der Waals surface area contributed by atoms with Crippen molar-refractivity contribution in [2.24, 2.45) is 0 Å². The average Bonchev–Trinajstić information content (AvgIpc) is 2.39. The Morgan fingerprint density at radius 3 is 2.50 bits per heavy atom. The van der Waals surface area contributed by atoms with Gasteiger partial charge in [0.25, 0.3) is 5.92 Å². The topological polar surface area (TPSA) is 52.2 Å². The molecule has 9 heteroatoms. The quantitative estimate of drug-likeness (QED) is 0.621. The van der Waals surface area contributed by atoms with E-state index in [1.807, 2.05) is 0 Å². The van der Waals surface area contributed by atoms with Gasteiger partial charge >= 0.3 is 5.92 Å². The number of hydrogen-bond donors (Lipinski definition) is 1. The molecule has 2 aliphatic carbocycles. The zero-order chi connectivity index (χ0) is 13.7. The summed E-state index contributed by atoms with van der Waals surface area (Å²) in [6.07, 6.45) is 1.87. The van der Waals surface area contributed by atoms with Gasteiger partial charge in [-0.15, -0.1) is 0 Å². The first-order valence-corrected chi connectivity index (χ1v) is 5.67. The van der Waals surface area contributed by atoms with Crippen LogP contribution in [0.15, 0.2) is 35.2 Å². The van der Waals surface area contributed by atoms with Crippen LogP contribution >= 0.6 is 0 Å². The first-order chi connectivity index (χ1) is 8.18. The highest BCUT2D eigenvalue weighted by Crippen LogP contribution is 2.51. The Hall–Kier alpha value is -1.06. The molecule has 0 radical (unpaired) electrons. The maximum atomic E-state index is 13.4. The van der Waals surface area contributed by atoms with Gasteiger partial charge in [0.05, 0.1) is 5.57 Å². The van der Waals surface area contributed by atoms with Gasteiger partial charge in [-0.05, 0) is 11.6 Å². The van der Waals surface area contributed by atoms with Crippen molar-refractivity contribution in [3.63, 3.8) is 0 Å². The molecule has 0 spiro atoms. The molecule has 0 saturated carbocycles. The summed E-state index contributed by atoms with van der Waals surface area (Å²) in [7, 11) is 0. The largest absolute Gasteiger partial charge is 0.760 e. The normalized spacial score (nSPS) is 30.1. The second kappa shape index (κ2) is 3.97. The van der Waals surface area contributed by atoms with Gasteiger partial charge in [-0.2, -0.15) is 17.6 Å². The second-order valence-corrected chi connectivity index (χ2v) is 4.41. The van der Waals surface area contributed by atoms with E-state index in [-0.39, 0.29) is 6.08 Å². The van der Waals surface area contributed by atoms with E-state index < -0.39 is 46.1 Å². The van der Waals surface area contributed by atoms with Crippen molar-refractivity contribution in [1.82, 2.24) is 4.72 Å². The lowest BCUT2D eigenvalue weighted by Crippen LogP contribution is -2.44. The van der Waals surface area contributed by atoms with Crippen LogP contribution in [-0.4, -0.2) is 26.6 Å². The molecule has 2 atom stereocenters. The predicted octanol–water partition coefficient (Wildman–Crippen LogP) is 1.74. The van der Waals surface area contributed by atoms with E-state index in [0.717, 1.165) is 12.2 Å². The summed E-state index contributed by atoms with van der Waals surface area (Å²) >= 11 is -3.14. The van der Waals surface area contributed by atoms with Gasteiger partial charge in [-0.1, -0.05) is 12.2 Å². The molecule has 100 valence electrons. The lowest BCUT2D eigenvalue weighted by atomic mass is 9.95. The van der Waals surface area contributed by atoms with Crippen molar-refractivity contribution in [3.05, 3.63) is 35.2 Å². The third kappa shape index (κ3) is 1.82. The van der Waals surface area contributed by atoms with Crippen LogP contribution in [0.1, 0.15) is 0 Å². The van der Waals surface area contributed by atoms with Crippen LogP contribution in [-0.2, 0) is 11.3 Å². The third-order valence-electron chi connectivity index (χ3n) is 2.60. The smallest absolute Gasteiger partial charge is 0.319 e. The Labute approximate surface area is 100 Å². The molecular formula is C9H5F5NO2S-. The zero-order valence-electron chi connectivity index (χ0n) is 8.42. The Bertz CT molecular complexity index is 511. The van der Waals surface area contributed by atoms with Crippen LogP contribution in [0.2, 0.25) is 0 Å². The lowest BCUT2D eigenvalue weighted by Gasteiger charge is -2.24. The molecule has 0 bridgehead atoms. The number of halogens is 5. The Morgan fingerprint density at radius 1 is 1.33 bits per heavy atom. The highest BCUT2D eigenvalue weighted by atomic mass is 32.2. The molecule has 0 fully saturated rings. The molecule has 0 aromatic heterocycles. The van der Waals surface area contributed by atoms with Gasteiger partial charge < -0.3 is 4.55 Å². The van der Waals surface area contributed by atoms with Gasteiger partial charge in [0, 0.05) is 11.3 Å². The fourth-order valence-corrected chi connectivity index (χ4v) is 2.34. The molecule has 0 aromatic rings. The minimum atomic E-state index is -4.34. The molecule has 0 aliphatic heterocycles. The Balaban J connectivity index is 2.55. The summed E-state index contributed by atoms with van der Waals surface area (Å²) in [5, 5.41) is 0. The van der Waals surface area contributed by atoms with Gasteiger partial charge in [-0.3, -0.25) is 4.21 Å². The highest BCUT2D eigenvalue weighted by Gasteiger charge is 2.60. The lowest BCUT2D eigenvalue weighted by molar-refractivity contribution is 0.00568. The van der Waals surface area contributed by atoms with E-state index in [2.05, 4.69) is 0 Å². The van der Waals surface area contributed by atoms with E-state index in [9.17, 15) is 30.7 Å². The van der Waals surface area contributed by atoms with E-state index >= 15 is 0 Å². The molecule has 0 heterocycles. The number of alkyl halides is 4. The SMILES string of the molecule is O=S([O-])NC1C2=CC=CC(F)(F)C2=C(F)C1(F)F. The summed E-state index contributed by atoms with van der Waals surface area (Å²) in [6, 6.07) is -2.36. The Kier molecular flexibility index (Phi) is 2.95. The van der Waals surface area contributed by atoms with Crippen LogP contribution in [0.25, 0.3) is 0 Å². The molecule has 1 N–H and O–H groups in total. The standard InChI is InChI=1S/C9H6F5NO2S/c10-6-5-4(2-1-3-8(5,11)12)7(9(6,13)14)15-18(16)17/h1-3,7,15H,(H,16,17)/p-1. The first-order valence-electron chi connectivity index (χ1n) is 4.59. The van der Waals surface area contributed by atoms with Gasteiger partial charge in [-0.25, -0.2) is 9.11 Å². The number of nitrogens with one attached hydrogen (secondary N) is 1. The number of fused-ring (bicyclic) bond motifs is 1. The van der Waals surface area contributed by atoms with Crippen molar-refractivity contribution in [3.8, 4) is 0 Å². The van der Waals surface area contributed by atoms with Crippen molar-refractivity contribution in [1.29, 1.82) is 0 Å². The molecule has 0 aromatic carbocycles. The molecule has 18 heavy (non-hydrogen) atoms. The zero-order valence-corrected chi connectivity index (χ0v) is 9.24. The highest BCUT2D eigenvalue weighted by molar-refractivity contribution is 7.77. The van der Waals surface area contributed by atoms with E-state index in [1.54, 1.807) is 0 Å². The first kappa shape index (κ1) is 13.4. The van der Waals surface area contributed by atoms with E-state index in [1.165, 1.54) is 4.72 Å². The minimum Gasteiger partial charge on any atom is -0.760 e. The molecule has 3 nitrogen and oxygen atoms in total. The summed E-state index contributed by atoms with van der Waals surface area (Å²) in [4.78, 5) is 0. The molecule has 2 unspecified atom stereocenters. The maximum Gasteiger partial charge on any atom is 0.319 e. The van der Waals surface area contributed by atoms with Gasteiger partial charge in [0.1, 0.15) is 6.04 Å². The van der Waals surface area contributed by atoms with Crippen LogP contribution in [0.3, 0.4) is 0 Å². The second-order valence-electron chi connectivity index (χ2n) is 3.70. The molecule has 2 aliphatic rings. The number of hydrogen-bond acceptors (Lipinski definition) is 2.